The van der Waals surface area contributed by atoms with Crippen LogP contribution in [0.5, 0.6) is 0 Å². The van der Waals surface area contributed by atoms with Gasteiger partial charge in [0.05, 0.1) is 0 Å². The Bertz CT molecular complexity index is 293. The highest BCUT2D eigenvalue weighted by Crippen LogP contribution is 2.40. The van der Waals surface area contributed by atoms with Crippen molar-refractivity contribution in [2.24, 2.45) is 11.3 Å². The summed E-state index contributed by atoms with van der Waals surface area (Å²) in [5.74, 6) is 2.16. The molecule has 2 aliphatic carbocycles. The highest BCUT2D eigenvalue weighted by molar-refractivity contribution is 7.98. The van der Waals surface area contributed by atoms with Gasteiger partial charge in [0.15, 0.2) is 0 Å². The van der Waals surface area contributed by atoms with Gasteiger partial charge in [0, 0.05) is 30.9 Å². The first-order valence-electron chi connectivity index (χ1n) is 8.47. The van der Waals surface area contributed by atoms with Crippen molar-refractivity contribution in [3.8, 4) is 0 Å². The minimum absolute atomic E-state index is 0.529. The Labute approximate surface area is 130 Å². The Morgan fingerprint density at radius 2 is 2.10 bits per heavy atom. The van der Waals surface area contributed by atoms with Crippen molar-refractivity contribution < 1.29 is 0 Å². The van der Waals surface area contributed by atoms with E-state index in [9.17, 15) is 0 Å². The smallest absolute Gasteiger partial charge is 0.0155 e. The standard InChI is InChI=1S/C17H34N2S/c1-14-6-5-9-17(10-14,12-18-16-7-8-16)13-19(3)15(2)11-20-4/h14-16,18H,5-13H2,1-4H3. The van der Waals surface area contributed by atoms with E-state index in [2.05, 4.69) is 37.4 Å². The molecule has 0 aliphatic heterocycles. The van der Waals surface area contributed by atoms with Crippen molar-refractivity contribution in [3.05, 3.63) is 0 Å². The fourth-order valence-corrected chi connectivity index (χ4v) is 4.57. The summed E-state index contributed by atoms with van der Waals surface area (Å²) in [6, 6.07) is 1.54. The molecule has 2 saturated carbocycles. The Morgan fingerprint density at radius 3 is 2.70 bits per heavy atom. The van der Waals surface area contributed by atoms with Crippen LogP contribution in [0.4, 0.5) is 0 Å². The second-order valence-electron chi connectivity index (χ2n) is 7.58. The number of nitrogens with zero attached hydrogens (tertiary/aromatic N) is 1. The fourth-order valence-electron chi connectivity index (χ4n) is 3.83. The zero-order valence-corrected chi connectivity index (χ0v) is 14.8. The maximum atomic E-state index is 3.83. The van der Waals surface area contributed by atoms with Gasteiger partial charge in [-0.25, -0.2) is 0 Å². The molecule has 3 atom stereocenters. The van der Waals surface area contributed by atoms with Gasteiger partial charge in [-0.15, -0.1) is 0 Å². The summed E-state index contributed by atoms with van der Waals surface area (Å²) < 4.78 is 0. The Balaban J connectivity index is 1.93. The summed E-state index contributed by atoms with van der Waals surface area (Å²) in [5, 5.41) is 3.83. The van der Waals surface area contributed by atoms with Crippen molar-refractivity contribution in [1.29, 1.82) is 0 Å². The Hall–Kier alpha value is 0.270. The first-order valence-corrected chi connectivity index (χ1v) is 9.86. The van der Waals surface area contributed by atoms with Crippen molar-refractivity contribution in [2.45, 2.75) is 64.5 Å². The SMILES string of the molecule is CSCC(C)N(C)CC1(CNC2CC2)CCCC(C)C1. The molecule has 2 nitrogen and oxygen atoms in total. The zero-order chi connectivity index (χ0) is 14.6. The molecule has 2 fully saturated rings. The van der Waals surface area contributed by atoms with Crippen LogP contribution in [-0.2, 0) is 0 Å². The van der Waals surface area contributed by atoms with Gasteiger partial charge in [-0.1, -0.05) is 19.8 Å². The predicted octanol–water partition coefficient (Wildman–Crippen LogP) is 3.62. The third kappa shape index (κ3) is 4.92. The van der Waals surface area contributed by atoms with Gasteiger partial charge in [-0.3, -0.25) is 0 Å². The van der Waals surface area contributed by atoms with Crippen LogP contribution in [0.1, 0.15) is 52.4 Å². The second kappa shape index (κ2) is 7.51. The maximum absolute atomic E-state index is 3.83. The molecule has 3 heteroatoms. The van der Waals surface area contributed by atoms with Crippen LogP contribution >= 0.6 is 11.8 Å². The highest BCUT2D eigenvalue weighted by Gasteiger charge is 2.37. The van der Waals surface area contributed by atoms with Crippen LogP contribution in [0.25, 0.3) is 0 Å². The molecule has 1 N–H and O–H groups in total. The van der Waals surface area contributed by atoms with Gasteiger partial charge in [0.1, 0.15) is 0 Å². The molecule has 0 aromatic carbocycles. The molecule has 0 spiro atoms. The lowest BCUT2D eigenvalue weighted by Gasteiger charge is -2.44. The molecular formula is C17H34N2S. The van der Waals surface area contributed by atoms with Crippen LogP contribution in [0.3, 0.4) is 0 Å². The molecule has 0 bridgehead atoms. The molecular weight excluding hydrogens is 264 g/mol. The van der Waals surface area contributed by atoms with Crippen molar-refractivity contribution in [2.75, 3.05) is 32.1 Å². The predicted molar refractivity (Wildman–Crippen MR) is 91.6 cm³/mol. The van der Waals surface area contributed by atoms with E-state index in [1.807, 2.05) is 11.8 Å². The number of rotatable bonds is 8. The van der Waals surface area contributed by atoms with Gasteiger partial charge in [-0.05, 0) is 57.2 Å². The molecule has 0 aromatic rings. The average molecular weight is 299 g/mol. The maximum Gasteiger partial charge on any atom is 0.0155 e. The van der Waals surface area contributed by atoms with Crippen LogP contribution in [-0.4, -0.2) is 49.1 Å². The molecule has 0 aromatic heterocycles. The van der Waals surface area contributed by atoms with Crippen LogP contribution < -0.4 is 5.32 Å². The van der Waals surface area contributed by atoms with E-state index in [1.165, 1.54) is 57.4 Å². The average Bonchev–Trinajstić information content (AvgIpc) is 3.21. The molecule has 2 rings (SSSR count). The number of thioether (sulfide) groups is 1. The monoisotopic (exact) mass is 298 g/mol. The first-order chi connectivity index (χ1) is 9.54. The van der Waals surface area contributed by atoms with E-state index in [0.29, 0.717) is 11.5 Å². The quantitative estimate of drug-likeness (QED) is 0.737. The van der Waals surface area contributed by atoms with E-state index in [0.717, 1.165) is 12.0 Å². The third-order valence-corrected chi connectivity index (χ3v) is 6.09. The fraction of sp³-hybridized carbons (Fsp3) is 1.00. The number of nitrogens with one attached hydrogen (secondary N) is 1. The van der Waals surface area contributed by atoms with E-state index in [-0.39, 0.29) is 0 Å². The normalized spacial score (nSPS) is 32.5. The van der Waals surface area contributed by atoms with E-state index in [1.54, 1.807) is 0 Å². The first kappa shape index (κ1) is 16.6. The lowest BCUT2D eigenvalue weighted by Crippen LogP contribution is -2.48. The van der Waals surface area contributed by atoms with Crippen molar-refractivity contribution in [1.82, 2.24) is 10.2 Å². The van der Waals surface area contributed by atoms with E-state index < -0.39 is 0 Å². The van der Waals surface area contributed by atoms with E-state index in [4.69, 9.17) is 0 Å². The molecule has 0 heterocycles. The summed E-state index contributed by atoms with van der Waals surface area (Å²) >= 11 is 1.97. The summed E-state index contributed by atoms with van der Waals surface area (Å²) in [7, 11) is 2.33. The molecule has 0 amide bonds. The lowest BCUT2D eigenvalue weighted by atomic mass is 9.69. The Morgan fingerprint density at radius 1 is 1.35 bits per heavy atom. The van der Waals surface area contributed by atoms with E-state index >= 15 is 0 Å². The molecule has 20 heavy (non-hydrogen) atoms. The minimum Gasteiger partial charge on any atom is -0.313 e. The number of hydrogen-bond acceptors (Lipinski definition) is 3. The largest absolute Gasteiger partial charge is 0.313 e. The molecule has 0 radical (unpaired) electrons. The zero-order valence-electron chi connectivity index (χ0n) is 14.0. The topological polar surface area (TPSA) is 15.3 Å². The summed E-state index contributed by atoms with van der Waals surface area (Å²) in [6.45, 7) is 7.36. The van der Waals surface area contributed by atoms with Crippen LogP contribution in [0.2, 0.25) is 0 Å². The summed E-state index contributed by atoms with van der Waals surface area (Å²) in [6.07, 6.45) is 10.7. The van der Waals surface area contributed by atoms with Gasteiger partial charge >= 0.3 is 0 Å². The molecule has 0 saturated heterocycles. The summed E-state index contributed by atoms with van der Waals surface area (Å²) in [5.41, 5.74) is 0.529. The highest BCUT2D eigenvalue weighted by atomic mass is 32.2. The van der Waals surface area contributed by atoms with Gasteiger partial charge in [0.2, 0.25) is 0 Å². The molecule has 118 valence electrons. The third-order valence-electron chi connectivity index (χ3n) is 5.27. The molecule has 3 unspecified atom stereocenters. The number of hydrogen-bond donors (Lipinski definition) is 1. The minimum atomic E-state index is 0.529. The molecule has 2 aliphatic rings. The van der Waals surface area contributed by atoms with Gasteiger partial charge in [0.25, 0.3) is 0 Å². The van der Waals surface area contributed by atoms with Crippen molar-refractivity contribution >= 4 is 11.8 Å². The lowest BCUT2D eigenvalue weighted by molar-refractivity contribution is 0.0797. The van der Waals surface area contributed by atoms with Crippen LogP contribution in [0, 0.1) is 11.3 Å². The van der Waals surface area contributed by atoms with Gasteiger partial charge < -0.3 is 10.2 Å². The summed E-state index contributed by atoms with van der Waals surface area (Å²) in [4.78, 5) is 2.61. The second-order valence-corrected chi connectivity index (χ2v) is 8.49. The van der Waals surface area contributed by atoms with Crippen LogP contribution in [0.15, 0.2) is 0 Å². The van der Waals surface area contributed by atoms with Gasteiger partial charge in [-0.2, -0.15) is 11.8 Å². The van der Waals surface area contributed by atoms with Crippen molar-refractivity contribution in [3.63, 3.8) is 0 Å². The Kier molecular flexibility index (Phi) is 6.25.